The molecule has 1 heterocycles. The molecule has 94 valence electrons. The van der Waals surface area contributed by atoms with Crippen molar-refractivity contribution in [3.63, 3.8) is 0 Å². The van der Waals surface area contributed by atoms with Gasteiger partial charge in [0.05, 0.1) is 0 Å². The van der Waals surface area contributed by atoms with E-state index in [1.165, 1.54) is 23.5 Å². The Bertz CT molecular complexity index is 333. The summed E-state index contributed by atoms with van der Waals surface area (Å²) in [5.74, 6) is 3.02. The maximum atomic E-state index is 13.0. The van der Waals surface area contributed by atoms with E-state index in [0.29, 0.717) is 12.0 Å². The highest BCUT2D eigenvalue weighted by Gasteiger charge is 2.26. The van der Waals surface area contributed by atoms with E-state index in [0.717, 1.165) is 13.0 Å². The molecule has 1 aromatic carbocycles. The highest BCUT2D eigenvalue weighted by Crippen LogP contribution is 2.34. The first kappa shape index (κ1) is 12.9. The largest absolute Gasteiger partial charge is 0.310 e. The Morgan fingerprint density at radius 2 is 2.18 bits per heavy atom. The number of hydrogen-bond donors (Lipinski definition) is 1. The van der Waals surface area contributed by atoms with Crippen LogP contribution in [0.25, 0.3) is 0 Å². The molecule has 17 heavy (non-hydrogen) atoms. The Labute approximate surface area is 107 Å². The van der Waals surface area contributed by atoms with Gasteiger partial charge in [0, 0.05) is 6.04 Å². The summed E-state index contributed by atoms with van der Waals surface area (Å²) >= 11 is 2.03. The Hall–Kier alpha value is -0.540. The molecule has 1 aromatic rings. The van der Waals surface area contributed by atoms with Crippen LogP contribution in [-0.4, -0.2) is 18.1 Å². The molecule has 2 unspecified atom stereocenters. The molecule has 3 heteroatoms. The third-order valence-corrected chi connectivity index (χ3v) is 4.47. The van der Waals surface area contributed by atoms with E-state index in [9.17, 15) is 4.39 Å². The van der Waals surface area contributed by atoms with Crippen molar-refractivity contribution in [3.05, 3.63) is 35.6 Å². The average molecular weight is 253 g/mol. The molecule has 0 radical (unpaired) electrons. The molecular weight excluding hydrogens is 233 g/mol. The van der Waals surface area contributed by atoms with Gasteiger partial charge in [0.25, 0.3) is 0 Å². The van der Waals surface area contributed by atoms with Crippen molar-refractivity contribution in [1.82, 2.24) is 5.32 Å². The SMILES string of the molecule is CCCNC(c1ccc(F)cc1)C1CCSC1. The lowest BCUT2D eigenvalue weighted by molar-refractivity contribution is 0.393. The van der Waals surface area contributed by atoms with Crippen molar-refractivity contribution in [2.45, 2.75) is 25.8 Å². The molecule has 1 nitrogen and oxygen atoms in total. The minimum absolute atomic E-state index is 0.149. The first-order valence-corrected chi connectivity index (χ1v) is 7.53. The number of nitrogens with one attached hydrogen (secondary N) is 1. The van der Waals surface area contributed by atoms with E-state index < -0.39 is 0 Å². The molecule has 0 saturated carbocycles. The van der Waals surface area contributed by atoms with Gasteiger partial charge in [0.15, 0.2) is 0 Å². The number of hydrogen-bond acceptors (Lipinski definition) is 2. The molecule has 0 bridgehead atoms. The third-order valence-electron chi connectivity index (χ3n) is 3.28. The Morgan fingerprint density at radius 3 is 2.76 bits per heavy atom. The van der Waals surface area contributed by atoms with Gasteiger partial charge in [-0.05, 0) is 54.5 Å². The van der Waals surface area contributed by atoms with Crippen molar-refractivity contribution in [2.24, 2.45) is 5.92 Å². The lowest BCUT2D eigenvalue weighted by Crippen LogP contribution is -2.29. The van der Waals surface area contributed by atoms with E-state index in [1.54, 1.807) is 12.1 Å². The van der Waals surface area contributed by atoms with Gasteiger partial charge in [0.1, 0.15) is 5.82 Å². The van der Waals surface area contributed by atoms with Crippen LogP contribution < -0.4 is 5.32 Å². The summed E-state index contributed by atoms with van der Waals surface area (Å²) in [7, 11) is 0. The summed E-state index contributed by atoms with van der Waals surface area (Å²) in [5.41, 5.74) is 1.23. The number of thioether (sulfide) groups is 1. The smallest absolute Gasteiger partial charge is 0.123 e. The van der Waals surface area contributed by atoms with Crippen LogP contribution in [0.1, 0.15) is 31.4 Å². The van der Waals surface area contributed by atoms with Gasteiger partial charge in [-0.25, -0.2) is 4.39 Å². The Balaban J connectivity index is 2.10. The van der Waals surface area contributed by atoms with Gasteiger partial charge in [0.2, 0.25) is 0 Å². The first-order chi connectivity index (χ1) is 8.31. The van der Waals surface area contributed by atoms with E-state index >= 15 is 0 Å². The minimum atomic E-state index is -0.149. The second-order valence-electron chi connectivity index (χ2n) is 4.61. The van der Waals surface area contributed by atoms with Crippen LogP contribution in [0, 0.1) is 11.7 Å². The lowest BCUT2D eigenvalue weighted by atomic mass is 9.92. The van der Waals surface area contributed by atoms with Crippen LogP contribution in [-0.2, 0) is 0 Å². The highest BCUT2D eigenvalue weighted by molar-refractivity contribution is 7.99. The van der Waals surface area contributed by atoms with Crippen molar-refractivity contribution in [2.75, 3.05) is 18.1 Å². The van der Waals surface area contributed by atoms with E-state index in [2.05, 4.69) is 12.2 Å². The Kier molecular flexibility index (Phi) is 4.86. The van der Waals surface area contributed by atoms with Crippen molar-refractivity contribution in [3.8, 4) is 0 Å². The summed E-state index contributed by atoms with van der Waals surface area (Å²) in [5, 5.41) is 3.61. The lowest BCUT2D eigenvalue weighted by Gasteiger charge is -2.24. The van der Waals surface area contributed by atoms with Crippen LogP contribution in [0.15, 0.2) is 24.3 Å². The number of benzene rings is 1. The summed E-state index contributed by atoms with van der Waals surface area (Å²) in [6.45, 7) is 3.21. The fraction of sp³-hybridized carbons (Fsp3) is 0.571. The molecule has 1 N–H and O–H groups in total. The fourth-order valence-corrected chi connectivity index (χ4v) is 3.64. The fourth-order valence-electron chi connectivity index (χ4n) is 2.34. The van der Waals surface area contributed by atoms with Crippen molar-refractivity contribution in [1.29, 1.82) is 0 Å². The standard InChI is InChI=1S/C14H20FNS/c1-2-8-16-14(12-7-9-17-10-12)11-3-5-13(15)6-4-11/h3-6,12,14,16H,2,7-10H2,1H3. The van der Waals surface area contributed by atoms with Gasteiger partial charge in [-0.2, -0.15) is 11.8 Å². The maximum Gasteiger partial charge on any atom is 0.123 e. The maximum absolute atomic E-state index is 13.0. The predicted octanol–water partition coefficient (Wildman–Crippen LogP) is 3.62. The quantitative estimate of drug-likeness (QED) is 0.860. The van der Waals surface area contributed by atoms with Crippen LogP contribution in [0.2, 0.25) is 0 Å². The van der Waals surface area contributed by atoms with E-state index in [1.807, 2.05) is 23.9 Å². The van der Waals surface area contributed by atoms with Crippen LogP contribution >= 0.6 is 11.8 Å². The molecule has 0 aliphatic carbocycles. The summed E-state index contributed by atoms with van der Waals surface area (Å²) < 4.78 is 13.0. The van der Waals surface area contributed by atoms with Gasteiger partial charge < -0.3 is 5.32 Å². The number of rotatable bonds is 5. The topological polar surface area (TPSA) is 12.0 Å². The molecule has 1 fully saturated rings. The Morgan fingerprint density at radius 1 is 1.41 bits per heavy atom. The van der Waals surface area contributed by atoms with Crippen LogP contribution in [0.3, 0.4) is 0 Å². The molecule has 0 aromatic heterocycles. The second-order valence-corrected chi connectivity index (χ2v) is 5.76. The molecule has 1 aliphatic heterocycles. The van der Waals surface area contributed by atoms with Crippen LogP contribution in [0.4, 0.5) is 4.39 Å². The number of halogens is 1. The summed E-state index contributed by atoms with van der Waals surface area (Å²) in [4.78, 5) is 0. The monoisotopic (exact) mass is 253 g/mol. The van der Waals surface area contributed by atoms with Gasteiger partial charge >= 0.3 is 0 Å². The van der Waals surface area contributed by atoms with E-state index in [4.69, 9.17) is 0 Å². The van der Waals surface area contributed by atoms with Gasteiger partial charge in [-0.15, -0.1) is 0 Å². The zero-order valence-corrected chi connectivity index (χ0v) is 11.1. The molecular formula is C14H20FNS. The molecule has 2 rings (SSSR count). The highest BCUT2D eigenvalue weighted by atomic mass is 32.2. The zero-order chi connectivity index (χ0) is 12.1. The molecule has 1 saturated heterocycles. The summed E-state index contributed by atoms with van der Waals surface area (Å²) in [6, 6.07) is 7.37. The molecule has 2 atom stereocenters. The third kappa shape index (κ3) is 3.46. The van der Waals surface area contributed by atoms with Crippen molar-refractivity contribution < 1.29 is 4.39 Å². The van der Waals surface area contributed by atoms with E-state index in [-0.39, 0.29) is 5.82 Å². The molecule has 0 spiro atoms. The predicted molar refractivity (Wildman–Crippen MR) is 72.9 cm³/mol. The summed E-state index contributed by atoms with van der Waals surface area (Å²) in [6.07, 6.45) is 2.40. The first-order valence-electron chi connectivity index (χ1n) is 6.38. The molecule has 0 amide bonds. The average Bonchev–Trinajstić information content (AvgIpc) is 2.85. The second kappa shape index (κ2) is 6.41. The van der Waals surface area contributed by atoms with Gasteiger partial charge in [-0.1, -0.05) is 19.1 Å². The normalized spacial score (nSPS) is 21.6. The van der Waals surface area contributed by atoms with Gasteiger partial charge in [-0.3, -0.25) is 0 Å². The van der Waals surface area contributed by atoms with Crippen molar-refractivity contribution >= 4 is 11.8 Å². The zero-order valence-electron chi connectivity index (χ0n) is 10.3. The minimum Gasteiger partial charge on any atom is -0.310 e. The molecule has 1 aliphatic rings. The van der Waals surface area contributed by atoms with Crippen LogP contribution in [0.5, 0.6) is 0 Å².